The van der Waals surface area contributed by atoms with Gasteiger partial charge in [0, 0.05) is 30.4 Å². The van der Waals surface area contributed by atoms with Crippen molar-refractivity contribution in [3.05, 3.63) is 46.5 Å². The summed E-state index contributed by atoms with van der Waals surface area (Å²) in [6.07, 6.45) is 9.66. The van der Waals surface area contributed by atoms with Gasteiger partial charge in [-0.3, -0.25) is 4.79 Å². The average Bonchev–Trinajstić information content (AvgIpc) is 3.13. The van der Waals surface area contributed by atoms with Crippen LogP contribution in [0.15, 0.2) is 35.9 Å². The summed E-state index contributed by atoms with van der Waals surface area (Å²) in [5.74, 6) is 0.744. The molecule has 3 fully saturated rings. The first-order chi connectivity index (χ1) is 16.1. The minimum absolute atomic E-state index is 0.0897. The fourth-order valence-electron chi connectivity index (χ4n) is 8.59. The summed E-state index contributed by atoms with van der Waals surface area (Å²) in [7, 11) is 1.73. The van der Waals surface area contributed by atoms with Crippen LogP contribution in [0.1, 0.15) is 77.7 Å². The molecule has 0 bridgehead atoms. The predicted octanol–water partition coefficient (Wildman–Crippen LogP) is 6.48. The summed E-state index contributed by atoms with van der Waals surface area (Å²) in [6, 6.07) is 7.61. The van der Waals surface area contributed by atoms with E-state index in [9.17, 15) is 9.90 Å². The van der Waals surface area contributed by atoms with Gasteiger partial charge in [-0.25, -0.2) is 0 Å². The van der Waals surface area contributed by atoms with Crippen molar-refractivity contribution < 1.29 is 19.4 Å². The van der Waals surface area contributed by atoms with Crippen molar-refractivity contribution in [1.82, 2.24) is 0 Å². The van der Waals surface area contributed by atoms with Crippen LogP contribution in [0.2, 0.25) is 5.02 Å². The third kappa shape index (κ3) is 3.55. The first-order valence-corrected chi connectivity index (χ1v) is 13.3. The summed E-state index contributed by atoms with van der Waals surface area (Å²) in [4.78, 5) is 12.8. The fourth-order valence-corrected chi connectivity index (χ4v) is 8.72. The van der Waals surface area contributed by atoms with Crippen LogP contribution in [-0.4, -0.2) is 29.4 Å². The molecule has 0 aromatic heterocycles. The first kappa shape index (κ1) is 24.5. The summed E-state index contributed by atoms with van der Waals surface area (Å²) in [5.41, 5.74) is 1.76. The molecular weight excluding hydrogens is 448 g/mol. The van der Waals surface area contributed by atoms with Crippen molar-refractivity contribution in [1.29, 1.82) is 0 Å². The quantitative estimate of drug-likeness (QED) is 0.382. The van der Waals surface area contributed by atoms with Crippen LogP contribution in [0.4, 0.5) is 0 Å². The highest BCUT2D eigenvalue weighted by Crippen LogP contribution is 2.68. The zero-order chi connectivity index (χ0) is 24.4. The highest BCUT2D eigenvalue weighted by Gasteiger charge is 2.66. The molecule has 34 heavy (non-hydrogen) atoms. The number of hydrogen-bond acceptors (Lipinski definition) is 4. The van der Waals surface area contributed by atoms with Gasteiger partial charge in [-0.15, -0.1) is 0 Å². The zero-order valence-electron chi connectivity index (χ0n) is 21.0. The van der Waals surface area contributed by atoms with Gasteiger partial charge in [0.25, 0.3) is 0 Å². The van der Waals surface area contributed by atoms with Crippen LogP contribution in [0.5, 0.6) is 0 Å². The smallest absolute Gasteiger partial charge is 0.169 e. The molecule has 4 aliphatic rings. The van der Waals surface area contributed by atoms with Gasteiger partial charge < -0.3 is 14.6 Å². The van der Waals surface area contributed by atoms with E-state index in [0.29, 0.717) is 42.2 Å². The molecule has 0 heterocycles. The highest BCUT2D eigenvalue weighted by atomic mass is 35.5. The molecule has 4 nitrogen and oxygen atoms in total. The Labute approximate surface area is 209 Å². The van der Waals surface area contributed by atoms with Crippen LogP contribution in [0.3, 0.4) is 0 Å². The molecular formula is C29H39ClO4. The summed E-state index contributed by atoms with van der Waals surface area (Å²) in [5, 5.41) is 12.0. The molecule has 1 N–H and O–H groups in total. The Bertz CT molecular complexity index is 988. The van der Waals surface area contributed by atoms with E-state index in [0.717, 1.165) is 44.1 Å². The summed E-state index contributed by atoms with van der Waals surface area (Å²) in [6.45, 7) is 6.84. The van der Waals surface area contributed by atoms with Crippen molar-refractivity contribution in [2.75, 3.05) is 7.11 Å². The van der Waals surface area contributed by atoms with E-state index in [1.165, 1.54) is 5.57 Å². The lowest BCUT2D eigenvalue weighted by molar-refractivity contribution is -0.232. The van der Waals surface area contributed by atoms with E-state index in [1.807, 2.05) is 24.3 Å². The average molecular weight is 487 g/mol. The Morgan fingerprint density at radius 1 is 1.09 bits per heavy atom. The molecule has 0 radical (unpaired) electrons. The van der Waals surface area contributed by atoms with Crippen molar-refractivity contribution in [2.24, 2.45) is 28.6 Å². The number of carbonyl (C=O) groups excluding carboxylic acids is 1. The zero-order valence-corrected chi connectivity index (χ0v) is 21.8. The highest BCUT2D eigenvalue weighted by molar-refractivity contribution is 6.30. The Morgan fingerprint density at radius 3 is 2.47 bits per heavy atom. The number of ether oxygens (including phenoxy) is 2. The van der Waals surface area contributed by atoms with Gasteiger partial charge in [-0.1, -0.05) is 49.2 Å². The number of benzene rings is 1. The number of fused-ring (bicyclic) bond motifs is 5. The van der Waals surface area contributed by atoms with Crippen LogP contribution in [0.25, 0.3) is 0 Å². The minimum Gasteiger partial charge on any atom is -0.370 e. The number of methoxy groups -OCH3 is 1. The van der Waals surface area contributed by atoms with Crippen LogP contribution in [0, 0.1) is 28.6 Å². The first-order valence-electron chi connectivity index (χ1n) is 12.9. The number of Topliss-reactive ketones (excluding diaryl/α,β-unsaturated/α-hetero) is 1. The van der Waals surface area contributed by atoms with E-state index in [-0.39, 0.29) is 16.6 Å². The van der Waals surface area contributed by atoms with E-state index in [4.69, 9.17) is 21.1 Å². The van der Waals surface area contributed by atoms with Crippen LogP contribution < -0.4 is 0 Å². The van der Waals surface area contributed by atoms with E-state index >= 15 is 0 Å². The van der Waals surface area contributed by atoms with Crippen molar-refractivity contribution in [3.63, 3.8) is 0 Å². The second-order valence-electron chi connectivity index (χ2n) is 11.9. The molecule has 5 rings (SSSR count). The fraction of sp³-hybridized carbons (Fsp3) is 0.690. The van der Waals surface area contributed by atoms with E-state index in [1.54, 1.807) is 14.0 Å². The number of allylic oxidation sites excluding steroid dienone is 1. The Kier molecular flexibility index (Phi) is 6.08. The topological polar surface area (TPSA) is 55.8 Å². The van der Waals surface area contributed by atoms with Gasteiger partial charge >= 0.3 is 0 Å². The molecule has 0 amide bonds. The van der Waals surface area contributed by atoms with Gasteiger partial charge in [0.15, 0.2) is 11.6 Å². The lowest BCUT2D eigenvalue weighted by atomic mass is 9.46. The predicted molar refractivity (Wildman–Crippen MR) is 133 cm³/mol. The molecule has 1 aromatic rings. The Balaban J connectivity index is 1.35. The molecule has 5 heteroatoms. The monoisotopic (exact) mass is 486 g/mol. The minimum atomic E-state index is -1.12. The third-order valence-corrected chi connectivity index (χ3v) is 10.8. The Morgan fingerprint density at radius 2 is 1.79 bits per heavy atom. The van der Waals surface area contributed by atoms with Gasteiger partial charge in [0.2, 0.25) is 0 Å². The van der Waals surface area contributed by atoms with Crippen molar-refractivity contribution >= 4 is 17.4 Å². The number of rotatable bonds is 5. The maximum Gasteiger partial charge on any atom is 0.169 e. The maximum absolute atomic E-state index is 12.8. The molecule has 0 aliphatic heterocycles. The standard InChI is InChI=1S/C29H39ClO4/c1-19(31)29(33-4)14-12-25-23-10-7-21-17-28(32,34-18-20-5-8-22(30)9-6-20)16-15-26(21,2)24(23)11-13-27(25,29)3/h5-9,23-25,32H,10-18H2,1-4H3/t23-,24+,25+,26+,27+,28?,29+/m1/s1. The number of aliphatic hydroxyl groups is 1. The van der Waals surface area contributed by atoms with E-state index in [2.05, 4.69) is 19.9 Å². The lowest BCUT2D eigenvalue weighted by Crippen LogP contribution is -2.58. The van der Waals surface area contributed by atoms with Crippen LogP contribution in [-0.2, 0) is 20.9 Å². The maximum atomic E-state index is 12.8. The second-order valence-corrected chi connectivity index (χ2v) is 12.3. The molecule has 7 atom stereocenters. The number of hydrogen-bond donors (Lipinski definition) is 1. The van der Waals surface area contributed by atoms with Crippen LogP contribution >= 0.6 is 11.6 Å². The van der Waals surface area contributed by atoms with Gasteiger partial charge in [-0.05, 0) is 86.3 Å². The largest absolute Gasteiger partial charge is 0.370 e. The molecule has 1 aromatic carbocycles. The third-order valence-electron chi connectivity index (χ3n) is 10.6. The second kappa shape index (κ2) is 8.44. The van der Waals surface area contributed by atoms with Crippen molar-refractivity contribution in [2.45, 2.75) is 90.1 Å². The molecule has 1 unspecified atom stereocenters. The molecule has 0 spiro atoms. The molecule has 186 valence electrons. The lowest BCUT2D eigenvalue weighted by Gasteiger charge is -2.59. The SMILES string of the molecule is CO[C@]1(C(C)=O)CC[C@H]2[C@@H]3CC=C4CC(O)(OCc5ccc(Cl)cc5)CC[C@]4(C)[C@H]3CC[C@@]21C. The molecule has 0 saturated heterocycles. The number of ketones is 1. The normalized spacial score (nSPS) is 43.5. The van der Waals surface area contributed by atoms with E-state index < -0.39 is 11.4 Å². The summed E-state index contributed by atoms with van der Waals surface area (Å²) < 4.78 is 12.1. The van der Waals surface area contributed by atoms with Gasteiger partial charge in [-0.2, -0.15) is 0 Å². The van der Waals surface area contributed by atoms with Gasteiger partial charge in [0.05, 0.1) is 6.61 Å². The van der Waals surface area contributed by atoms with Gasteiger partial charge in [0.1, 0.15) is 5.60 Å². The Hall–Kier alpha value is -1.20. The molecule has 3 saturated carbocycles. The molecule has 4 aliphatic carbocycles. The number of carbonyl (C=O) groups is 1. The van der Waals surface area contributed by atoms with Crippen molar-refractivity contribution in [3.8, 4) is 0 Å². The summed E-state index contributed by atoms with van der Waals surface area (Å²) >= 11 is 6.00. The number of halogens is 1.